The normalized spacial score (nSPS) is 10.2. The molecule has 0 aliphatic rings. The van der Waals surface area contributed by atoms with E-state index in [-0.39, 0.29) is 9.31 Å². The second-order valence-corrected chi connectivity index (χ2v) is 4.36. The number of amides is 2. The summed E-state index contributed by atoms with van der Waals surface area (Å²) in [5.41, 5.74) is 4.78. The van der Waals surface area contributed by atoms with Crippen molar-refractivity contribution >= 4 is 22.1 Å². The van der Waals surface area contributed by atoms with Gasteiger partial charge in [-0.05, 0) is 12.1 Å². The Bertz CT molecular complexity index is 532. The maximum atomic E-state index is 11.7. The van der Waals surface area contributed by atoms with E-state index in [0.717, 1.165) is 6.08 Å². The SMILES string of the molecule is NC(=O)N(N=C=O)S(=O)(=O)c1ccccc1. The van der Waals surface area contributed by atoms with Crippen LogP contribution in [-0.2, 0) is 14.8 Å². The van der Waals surface area contributed by atoms with E-state index in [9.17, 15) is 18.0 Å². The van der Waals surface area contributed by atoms with Crippen LogP contribution in [0.3, 0.4) is 0 Å². The molecule has 16 heavy (non-hydrogen) atoms. The lowest BCUT2D eigenvalue weighted by atomic mass is 10.4. The van der Waals surface area contributed by atoms with E-state index < -0.39 is 16.1 Å². The van der Waals surface area contributed by atoms with Crippen LogP contribution >= 0.6 is 0 Å². The summed E-state index contributed by atoms with van der Waals surface area (Å²) in [6.07, 6.45) is 0.946. The zero-order valence-electron chi connectivity index (χ0n) is 7.90. The summed E-state index contributed by atoms with van der Waals surface area (Å²) in [7, 11) is -4.23. The van der Waals surface area contributed by atoms with E-state index in [0.29, 0.717) is 0 Å². The van der Waals surface area contributed by atoms with Crippen LogP contribution in [0.2, 0.25) is 0 Å². The average Bonchev–Trinajstić information content (AvgIpc) is 2.26. The molecular weight excluding hydrogens is 234 g/mol. The Kier molecular flexibility index (Phi) is 3.39. The number of carbonyl (C=O) groups excluding carboxylic acids is 2. The first-order valence-corrected chi connectivity index (χ1v) is 5.41. The molecule has 0 heterocycles. The summed E-state index contributed by atoms with van der Waals surface area (Å²) >= 11 is 0. The highest BCUT2D eigenvalue weighted by Crippen LogP contribution is 2.14. The van der Waals surface area contributed by atoms with E-state index in [1.807, 2.05) is 0 Å². The molecule has 0 aromatic heterocycles. The minimum absolute atomic E-state index is 0.116. The van der Waals surface area contributed by atoms with Gasteiger partial charge in [0, 0.05) is 0 Å². The smallest absolute Gasteiger partial charge is 0.349 e. The Morgan fingerprint density at radius 3 is 2.31 bits per heavy atom. The van der Waals surface area contributed by atoms with Crippen molar-refractivity contribution in [2.45, 2.75) is 4.90 Å². The molecule has 8 heteroatoms. The molecule has 1 aromatic carbocycles. The van der Waals surface area contributed by atoms with Crippen molar-refractivity contribution < 1.29 is 18.0 Å². The highest BCUT2D eigenvalue weighted by atomic mass is 32.2. The van der Waals surface area contributed by atoms with Gasteiger partial charge in [-0.25, -0.2) is 9.59 Å². The van der Waals surface area contributed by atoms with E-state index in [2.05, 4.69) is 5.10 Å². The van der Waals surface area contributed by atoms with Crippen LogP contribution in [0, 0.1) is 0 Å². The number of hydrogen-bond acceptors (Lipinski definition) is 5. The van der Waals surface area contributed by atoms with Crippen molar-refractivity contribution in [2.75, 3.05) is 0 Å². The van der Waals surface area contributed by atoms with E-state index in [1.54, 1.807) is 6.07 Å². The number of benzene rings is 1. The van der Waals surface area contributed by atoms with Crippen LogP contribution < -0.4 is 5.73 Å². The van der Waals surface area contributed by atoms with E-state index >= 15 is 0 Å². The molecule has 84 valence electrons. The van der Waals surface area contributed by atoms with Gasteiger partial charge in [-0.15, -0.1) is 0 Å². The Hall–Kier alpha value is -2.18. The fourth-order valence-corrected chi connectivity index (χ4v) is 2.03. The number of nitrogens with two attached hydrogens (primary N) is 1. The quantitative estimate of drug-likeness (QED) is 0.456. The zero-order valence-corrected chi connectivity index (χ0v) is 8.72. The standard InChI is InChI=1S/C8H7N3O4S/c9-8(13)11(10-6-12)16(14,15)7-4-2-1-3-5-7/h1-5H,(H2,9,13). The number of rotatable bonds is 3. The van der Waals surface area contributed by atoms with Gasteiger partial charge < -0.3 is 5.73 Å². The lowest BCUT2D eigenvalue weighted by Crippen LogP contribution is -2.36. The topological polar surface area (TPSA) is 110 Å². The molecule has 0 fully saturated rings. The van der Waals surface area contributed by atoms with Crippen LogP contribution in [0.1, 0.15) is 0 Å². The van der Waals surface area contributed by atoms with Crippen molar-refractivity contribution in [1.82, 2.24) is 4.41 Å². The predicted octanol–water partition coefficient (Wildman–Crippen LogP) is 0.00680. The van der Waals surface area contributed by atoms with E-state index in [1.165, 1.54) is 24.3 Å². The van der Waals surface area contributed by atoms with Gasteiger partial charge in [0.05, 0.1) is 4.90 Å². The molecule has 1 rings (SSSR count). The molecule has 0 atom stereocenters. The summed E-state index contributed by atoms with van der Waals surface area (Å²) in [6.45, 7) is 0. The lowest BCUT2D eigenvalue weighted by Gasteiger charge is -2.12. The molecule has 2 N–H and O–H groups in total. The number of urea groups is 1. The van der Waals surface area contributed by atoms with Gasteiger partial charge >= 0.3 is 6.03 Å². The first-order chi connectivity index (χ1) is 7.50. The highest BCUT2D eigenvalue weighted by Gasteiger charge is 2.27. The molecule has 0 saturated carbocycles. The number of carbonyl (C=O) groups is 1. The number of hydrogen-bond donors (Lipinski definition) is 1. The molecule has 0 aliphatic heterocycles. The van der Waals surface area contributed by atoms with Crippen molar-refractivity contribution in [3.05, 3.63) is 30.3 Å². The number of isocyanates is 1. The van der Waals surface area contributed by atoms with Crippen molar-refractivity contribution in [3.63, 3.8) is 0 Å². The first kappa shape index (κ1) is 11.9. The Labute approximate surface area is 91.2 Å². The van der Waals surface area contributed by atoms with Gasteiger partial charge in [0.2, 0.25) is 0 Å². The molecule has 2 amide bonds. The first-order valence-electron chi connectivity index (χ1n) is 3.97. The molecule has 0 spiro atoms. The summed E-state index contributed by atoms with van der Waals surface area (Å²) in [6, 6.07) is 5.61. The number of sulfonamides is 1. The average molecular weight is 241 g/mol. The molecular formula is C8H7N3O4S. The molecule has 1 aromatic rings. The van der Waals surface area contributed by atoms with Crippen molar-refractivity contribution in [3.8, 4) is 0 Å². The summed E-state index contributed by atoms with van der Waals surface area (Å²) in [5, 5.41) is 2.74. The van der Waals surface area contributed by atoms with Crippen molar-refractivity contribution in [1.29, 1.82) is 0 Å². The maximum Gasteiger partial charge on any atom is 0.350 e. The Morgan fingerprint density at radius 2 is 1.88 bits per heavy atom. The van der Waals surface area contributed by atoms with Gasteiger partial charge in [-0.2, -0.15) is 8.42 Å². The Balaban J connectivity index is 3.30. The summed E-state index contributed by atoms with van der Waals surface area (Å²) in [4.78, 5) is 20.6. The Morgan fingerprint density at radius 1 is 1.31 bits per heavy atom. The van der Waals surface area contributed by atoms with Gasteiger partial charge in [-0.3, -0.25) is 0 Å². The van der Waals surface area contributed by atoms with Crippen LogP contribution in [0.4, 0.5) is 4.79 Å². The number of hydrazone groups is 1. The zero-order chi connectivity index (χ0) is 12.2. The molecule has 0 bridgehead atoms. The van der Waals surface area contributed by atoms with Crippen LogP contribution in [0.5, 0.6) is 0 Å². The monoisotopic (exact) mass is 241 g/mol. The minimum atomic E-state index is -4.23. The molecule has 0 unspecified atom stereocenters. The fourth-order valence-electron chi connectivity index (χ4n) is 0.951. The van der Waals surface area contributed by atoms with E-state index in [4.69, 9.17) is 5.73 Å². The van der Waals surface area contributed by atoms with Gasteiger partial charge in [0.1, 0.15) is 0 Å². The second-order valence-electron chi connectivity index (χ2n) is 2.59. The highest BCUT2D eigenvalue weighted by molar-refractivity contribution is 7.89. The van der Waals surface area contributed by atoms with Gasteiger partial charge in [0.15, 0.2) is 0 Å². The maximum absolute atomic E-state index is 11.7. The summed E-state index contributed by atoms with van der Waals surface area (Å²) in [5.74, 6) is 0. The predicted molar refractivity (Wildman–Crippen MR) is 53.2 cm³/mol. The van der Waals surface area contributed by atoms with Gasteiger partial charge in [-0.1, -0.05) is 27.7 Å². The lowest BCUT2D eigenvalue weighted by molar-refractivity contribution is 0.233. The van der Waals surface area contributed by atoms with Gasteiger partial charge in [0.25, 0.3) is 16.1 Å². The third-order valence-corrected chi connectivity index (χ3v) is 3.17. The summed E-state index contributed by atoms with van der Waals surface area (Å²) < 4.78 is 23.3. The second kappa shape index (κ2) is 4.56. The van der Waals surface area contributed by atoms with Crippen molar-refractivity contribution in [2.24, 2.45) is 10.8 Å². The van der Waals surface area contributed by atoms with Crippen LogP contribution in [0.15, 0.2) is 40.3 Å². The molecule has 7 nitrogen and oxygen atoms in total. The van der Waals surface area contributed by atoms with Crippen LogP contribution in [0.25, 0.3) is 0 Å². The third kappa shape index (κ3) is 2.25. The number of primary amides is 1. The molecule has 0 aliphatic carbocycles. The largest absolute Gasteiger partial charge is 0.350 e. The van der Waals surface area contributed by atoms with Crippen LogP contribution in [-0.4, -0.2) is 24.9 Å². The molecule has 0 radical (unpaired) electrons. The molecule has 0 saturated heterocycles. The minimum Gasteiger partial charge on any atom is -0.349 e. The third-order valence-electron chi connectivity index (χ3n) is 1.59. The number of nitrogens with zero attached hydrogens (tertiary/aromatic N) is 2. The fraction of sp³-hybridized carbons (Fsp3) is 0.